The maximum atomic E-state index is 12.1. The van der Waals surface area contributed by atoms with Crippen molar-refractivity contribution >= 4 is 20.7 Å². The van der Waals surface area contributed by atoms with Crippen molar-refractivity contribution < 1.29 is 27.6 Å². The Morgan fingerprint density at radius 3 is 2.20 bits per heavy atom. The van der Waals surface area contributed by atoms with E-state index in [4.69, 9.17) is 18.0 Å². The standard InChI is InChI=1S/C12H21NO6Si/c1-8(2)11(14)19-12(15)10-9(6-7-13-10)20(16-3,17-4)18-5/h9-10,13H,1,6-7H2,2-5H3/t9?,10-/m0/s1. The second-order valence-corrected chi connectivity index (χ2v) is 7.71. The van der Waals surface area contributed by atoms with Crippen molar-refractivity contribution in [3.63, 3.8) is 0 Å². The molecule has 0 radical (unpaired) electrons. The van der Waals surface area contributed by atoms with Gasteiger partial charge >= 0.3 is 20.7 Å². The van der Waals surface area contributed by atoms with Crippen molar-refractivity contribution in [2.75, 3.05) is 27.9 Å². The lowest BCUT2D eigenvalue weighted by molar-refractivity contribution is -0.158. The number of esters is 2. The van der Waals surface area contributed by atoms with Crippen LogP contribution in [-0.4, -0.2) is 54.7 Å². The number of carbonyl (C=O) groups excluding carboxylic acids is 2. The van der Waals surface area contributed by atoms with Gasteiger partial charge in [-0.3, -0.25) is 0 Å². The summed E-state index contributed by atoms with van der Waals surface area (Å²) in [4.78, 5) is 23.5. The lowest BCUT2D eigenvalue weighted by Gasteiger charge is -2.32. The minimum Gasteiger partial charge on any atom is -0.389 e. The molecule has 1 heterocycles. The molecule has 1 aliphatic rings. The van der Waals surface area contributed by atoms with E-state index in [9.17, 15) is 9.59 Å². The Morgan fingerprint density at radius 1 is 1.20 bits per heavy atom. The van der Waals surface area contributed by atoms with Crippen molar-refractivity contribution in [1.29, 1.82) is 0 Å². The van der Waals surface area contributed by atoms with Gasteiger partial charge < -0.3 is 23.3 Å². The SMILES string of the molecule is C=C(C)C(=O)OC(=O)[C@H]1NCCC1[Si](OC)(OC)OC. The largest absolute Gasteiger partial charge is 0.505 e. The van der Waals surface area contributed by atoms with E-state index in [0.29, 0.717) is 13.0 Å². The first kappa shape index (κ1) is 17.0. The second kappa shape index (κ2) is 7.09. The monoisotopic (exact) mass is 303 g/mol. The van der Waals surface area contributed by atoms with Crippen molar-refractivity contribution in [1.82, 2.24) is 5.32 Å². The molecule has 0 saturated carbocycles. The Labute approximate surface area is 119 Å². The summed E-state index contributed by atoms with van der Waals surface area (Å²) in [5.74, 6) is -1.40. The van der Waals surface area contributed by atoms with Crippen LogP contribution in [0.5, 0.6) is 0 Å². The molecule has 1 fully saturated rings. The van der Waals surface area contributed by atoms with Gasteiger partial charge in [-0.25, -0.2) is 9.59 Å². The van der Waals surface area contributed by atoms with Crippen molar-refractivity contribution in [3.05, 3.63) is 12.2 Å². The minimum atomic E-state index is -2.99. The van der Waals surface area contributed by atoms with Crippen LogP contribution in [0.1, 0.15) is 13.3 Å². The Bertz CT molecular complexity index is 387. The molecule has 1 unspecified atom stereocenters. The van der Waals surface area contributed by atoms with Gasteiger partial charge in [0.1, 0.15) is 6.04 Å². The number of rotatable bonds is 6. The van der Waals surface area contributed by atoms with Crippen molar-refractivity contribution in [2.24, 2.45) is 0 Å². The highest BCUT2D eigenvalue weighted by Crippen LogP contribution is 2.34. The maximum Gasteiger partial charge on any atom is 0.505 e. The maximum absolute atomic E-state index is 12.1. The van der Waals surface area contributed by atoms with E-state index in [2.05, 4.69) is 11.9 Å². The van der Waals surface area contributed by atoms with Crippen LogP contribution in [0.15, 0.2) is 12.2 Å². The first-order valence-corrected chi connectivity index (χ1v) is 8.02. The topological polar surface area (TPSA) is 83.1 Å². The number of hydrogen-bond donors (Lipinski definition) is 1. The molecule has 0 bridgehead atoms. The molecule has 0 spiro atoms. The summed E-state index contributed by atoms with van der Waals surface area (Å²) in [6.07, 6.45) is 0.642. The van der Waals surface area contributed by atoms with Gasteiger partial charge in [-0.15, -0.1) is 0 Å². The quantitative estimate of drug-likeness (QED) is 0.326. The van der Waals surface area contributed by atoms with E-state index in [1.807, 2.05) is 0 Å². The van der Waals surface area contributed by atoms with Crippen molar-refractivity contribution in [2.45, 2.75) is 24.9 Å². The van der Waals surface area contributed by atoms with Gasteiger partial charge in [0.15, 0.2) is 0 Å². The van der Waals surface area contributed by atoms with Gasteiger partial charge in [0.25, 0.3) is 0 Å². The zero-order valence-electron chi connectivity index (χ0n) is 12.2. The van der Waals surface area contributed by atoms with Crippen LogP contribution in [-0.2, 0) is 27.6 Å². The zero-order valence-corrected chi connectivity index (χ0v) is 13.2. The fourth-order valence-corrected chi connectivity index (χ4v) is 4.85. The molecule has 0 aliphatic carbocycles. The molecule has 0 amide bonds. The highest BCUT2D eigenvalue weighted by molar-refractivity contribution is 6.63. The predicted molar refractivity (Wildman–Crippen MR) is 72.9 cm³/mol. The first-order chi connectivity index (χ1) is 9.41. The molecular weight excluding hydrogens is 282 g/mol. The molecule has 1 rings (SSSR count). The van der Waals surface area contributed by atoms with Gasteiger partial charge in [-0.2, -0.15) is 0 Å². The summed E-state index contributed by atoms with van der Waals surface area (Å²) < 4.78 is 21.0. The fourth-order valence-electron chi connectivity index (χ4n) is 2.28. The highest BCUT2D eigenvalue weighted by Gasteiger charge is 2.55. The van der Waals surface area contributed by atoms with Gasteiger partial charge in [-0.05, 0) is 19.9 Å². The predicted octanol–water partition coefficient (Wildman–Crippen LogP) is 0.243. The lowest BCUT2D eigenvalue weighted by atomic mass is 10.2. The Balaban J connectivity index is 2.86. The summed E-state index contributed by atoms with van der Waals surface area (Å²) in [6, 6.07) is -0.690. The molecule has 0 aromatic heterocycles. The first-order valence-electron chi connectivity index (χ1n) is 6.22. The Kier molecular flexibility index (Phi) is 6.02. The van der Waals surface area contributed by atoms with Crippen LogP contribution in [0.3, 0.4) is 0 Å². The molecular formula is C12H21NO6Si. The average Bonchev–Trinajstić information content (AvgIpc) is 2.91. The van der Waals surface area contributed by atoms with E-state index >= 15 is 0 Å². The molecule has 8 heteroatoms. The zero-order chi connectivity index (χ0) is 15.3. The minimum absolute atomic E-state index is 0.168. The van der Waals surface area contributed by atoms with E-state index < -0.39 is 26.8 Å². The summed E-state index contributed by atoms with van der Waals surface area (Å²) in [5, 5.41) is 3.00. The molecule has 20 heavy (non-hydrogen) atoms. The Hall–Kier alpha value is -1.06. The van der Waals surface area contributed by atoms with Crippen LogP contribution in [0.4, 0.5) is 0 Å². The summed E-state index contributed by atoms with van der Waals surface area (Å²) in [5.41, 5.74) is -0.130. The van der Waals surface area contributed by atoms with E-state index in [1.165, 1.54) is 28.3 Å². The Morgan fingerprint density at radius 2 is 1.75 bits per heavy atom. The summed E-state index contributed by atoms with van der Waals surface area (Å²) in [6.45, 7) is 5.51. The summed E-state index contributed by atoms with van der Waals surface area (Å²) in [7, 11) is 1.47. The molecule has 1 aliphatic heterocycles. The fraction of sp³-hybridized carbons (Fsp3) is 0.667. The highest BCUT2D eigenvalue weighted by atomic mass is 28.4. The van der Waals surface area contributed by atoms with Gasteiger partial charge in [0.05, 0.1) is 5.54 Å². The molecule has 7 nitrogen and oxygen atoms in total. The second-order valence-electron chi connectivity index (χ2n) is 4.53. The number of carbonyl (C=O) groups is 2. The van der Waals surface area contributed by atoms with Crippen LogP contribution in [0.2, 0.25) is 5.54 Å². The normalized spacial score (nSPS) is 22.6. The van der Waals surface area contributed by atoms with Crippen molar-refractivity contribution in [3.8, 4) is 0 Å². The molecule has 0 aromatic carbocycles. The van der Waals surface area contributed by atoms with E-state index in [-0.39, 0.29) is 11.1 Å². The third-order valence-corrected chi connectivity index (χ3v) is 6.56. The number of hydrogen-bond acceptors (Lipinski definition) is 7. The van der Waals surface area contributed by atoms with Gasteiger partial charge in [-0.1, -0.05) is 6.58 Å². The summed E-state index contributed by atoms with van der Waals surface area (Å²) >= 11 is 0. The average molecular weight is 303 g/mol. The lowest BCUT2D eigenvalue weighted by Crippen LogP contribution is -2.53. The van der Waals surface area contributed by atoms with Crippen LogP contribution < -0.4 is 5.32 Å². The molecule has 1 saturated heterocycles. The van der Waals surface area contributed by atoms with Crippen LogP contribution in [0, 0.1) is 0 Å². The smallest absolute Gasteiger partial charge is 0.389 e. The third-order valence-electron chi connectivity index (χ3n) is 3.33. The molecule has 1 N–H and O–H groups in total. The van der Waals surface area contributed by atoms with Gasteiger partial charge in [0, 0.05) is 26.9 Å². The van der Waals surface area contributed by atoms with Gasteiger partial charge in [0.2, 0.25) is 0 Å². The van der Waals surface area contributed by atoms with E-state index in [1.54, 1.807) is 0 Å². The number of ether oxygens (including phenoxy) is 1. The molecule has 2 atom stereocenters. The number of nitrogens with one attached hydrogen (secondary N) is 1. The van der Waals surface area contributed by atoms with E-state index in [0.717, 1.165) is 0 Å². The van der Waals surface area contributed by atoms with Crippen LogP contribution >= 0.6 is 0 Å². The molecule has 114 valence electrons. The third kappa shape index (κ3) is 3.33. The van der Waals surface area contributed by atoms with Crippen LogP contribution in [0.25, 0.3) is 0 Å². The molecule has 0 aromatic rings.